The SMILES string of the molecule is Ic1cccc(NCc2ncc[nH]2)c1. The highest BCUT2D eigenvalue weighted by Gasteiger charge is 1.95. The number of halogens is 1. The molecule has 0 saturated carbocycles. The molecule has 2 aromatic rings. The second-order valence-corrected chi connectivity index (χ2v) is 4.15. The van der Waals surface area contributed by atoms with Crippen LogP contribution in [0.1, 0.15) is 5.82 Å². The van der Waals surface area contributed by atoms with Gasteiger partial charge in [-0.1, -0.05) is 6.07 Å². The minimum Gasteiger partial charge on any atom is -0.378 e. The summed E-state index contributed by atoms with van der Waals surface area (Å²) in [7, 11) is 0. The average Bonchev–Trinajstić information content (AvgIpc) is 2.67. The maximum Gasteiger partial charge on any atom is 0.125 e. The van der Waals surface area contributed by atoms with Crippen LogP contribution in [0.3, 0.4) is 0 Å². The van der Waals surface area contributed by atoms with E-state index in [4.69, 9.17) is 0 Å². The highest BCUT2D eigenvalue weighted by molar-refractivity contribution is 14.1. The molecule has 0 aliphatic heterocycles. The van der Waals surface area contributed by atoms with Gasteiger partial charge >= 0.3 is 0 Å². The summed E-state index contributed by atoms with van der Waals surface area (Å²) in [4.78, 5) is 7.18. The molecule has 0 saturated heterocycles. The number of nitrogens with one attached hydrogen (secondary N) is 2. The van der Waals surface area contributed by atoms with Crippen molar-refractivity contribution < 1.29 is 0 Å². The Labute approximate surface area is 96.1 Å². The van der Waals surface area contributed by atoms with Crippen molar-refractivity contribution in [3.63, 3.8) is 0 Å². The zero-order chi connectivity index (χ0) is 9.80. The molecule has 3 nitrogen and oxygen atoms in total. The van der Waals surface area contributed by atoms with E-state index < -0.39 is 0 Å². The fraction of sp³-hybridized carbons (Fsp3) is 0.100. The van der Waals surface area contributed by atoms with Crippen LogP contribution in [-0.4, -0.2) is 9.97 Å². The molecule has 0 spiro atoms. The third-order valence-corrected chi connectivity index (χ3v) is 2.51. The first kappa shape index (κ1) is 9.51. The molecule has 2 N–H and O–H groups in total. The molecule has 0 aliphatic carbocycles. The van der Waals surface area contributed by atoms with E-state index in [1.807, 2.05) is 18.3 Å². The quantitative estimate of drug-likeness (QED) is 0.855. The molecule has 0 aliphatic rings. The van der Waals surface area contributed by atoms with Gasteiger partial charge in [-0.2, -0.15) is 0 Å². The van der Waals surface area contributed by atoms with Gasteiger partial charge in [-0.3, -0.25) is 0 Å². The molecule has 0 bridgehead atoms. The molecule has 0 atom stereocenters. The molecule has 1 aromatic heterocycles. The van der Waals surface area contributed by atoms with E-state index in [2.05, 4.69) is 50.0 Å². The summed E-state index contributed by atoms with van der Waals surface area (Å²) < 4.78 is 1.23. The molecule has 14 heavy (non-hydrogen) atoms. The summed E-state index contributed by atoms with van der Waals surface area (Å²) in [5.74, 6) is 0.948. The summed E-state index contributed by atoms with van der Waals surface area (Å²) in [6, 6.07) is 8.25. The van der Waals surface area contributed by atoms with Gasteiger partial charge < -0.3 is 10.3 Å². The molecule has 0 unspecified atom stereocenters. The number of anilines is 1. The number of H-pyrrole nitrogens is 1. The van der Waals surface area contributed by atoms with Crippen molar-refractivity contribution >= 4 is 28.3 Å². The summed E-state index contributed by atoms with van der Waals surface area (Å²) in [6.45, 7) is 0.729. The van der Waals surface area contributed by atoms with Gasteiger partial charge in [0.2, 0.25) is 0 Å². The van der Waals surface area contributed by atoms with E-state index in [0.717, 1.165) is 18.1 Å². The Balaban J connectivity index is 1.98. The smallest absolute Gasteiger partial charge is 0.125 e. The number of hydrogen-bond acceptors (Lipinski definition) is 2. The maximum atomic E-state index is 4.13. The predicted molar refractivity (Wildman–Crippen MR) is 65.1 cm³/mol. The minimum absolute atomic E-state index is 0.729. The van der Waals surface area contributed by atoms with E-state index in [-0.39, 0.29) is 0 Å². The monoisotopic (exact) mass is 299 g/mol. The molecular formula is C10H10IN3. The largest absolute Gasteiger partial charge is 0.378 e. The molecule has 2 rings (SSSR count). The summed E-state index contributed by atoms with van der Waals surface area (Å²) in [5.41, 5.74) is 1.12. The van der Waals surface area contributed by atoms with Crippen LogP contribution in [0.2, 0.25) is 0 Å². The number of rotatable bonds is 3. The number of benzene rings is 1. The molecule has 0 fully saturated rings. The lowest BCUT2D eigenvalue weighted by Crippen LogP contribution is -2.00. The van der Waals surface area contributed by atoms with Crippen molar-refractivity contribution in [3.8, 4) is 0 Å². The van der Waals surface area contributed by atoms with E-state index >= 15 is 0 Å². The van der Waals surface area contributed by atoms with Crippen molar-refractivity contribution in [3.05, 3.63) is 46.1 Å². The van der Waals surface area contributed by atoms with Crippen molar-refractivity contribution in [2.24, 2.45) is 0 Å². The third-order valence-electron chi connectivity index (χ3n) is 1.84. The van der Waals surface area contributed by atoms with Crippen LogP contribution in [0.5, 0.6) is 0 Å². The van der Waals surface area contributed by atoms with Gasteiger partial charge in [0.1, 0.15) is 5.82 Å². The highest BCUT2D eigenvalue weighted by atomic mass is 127. The van der Waals surface area contributed by atoms with Gasteiger partial charge in [0.15, 0.2) is 0 Å². The first-order valence-corrected chi connectivity index (χ1v) is 5.40. The van der Waals surface area contributed by atoms with Crippen LogP contribution < -0.4 is 5.32 Å². The molecule has 1 aromatic carbocycles. The van der Waals surface area contributed by atoms with Gasteiger partial charge in [0.05, 0.1) is 6.54 Å². The molecule has 4 heteroatoms. The number of hydrogen-bond donors (Lipinski definition) is 2. The fourth-order valence-corrected chi connectivity index (χ4v) is 1.72. The molecular weight excluding hydrogens is 289 g/mol. The van der Waals surface area contributed by atoms with Crippen LogP contribution in [0.4, 0.5) is 5.69 Å². The van der Waals surface area contributed by atoms with E-state index in [1.165, 1.54) is 3.57 Å². The summed E-state index contributed by atoms with van der Waals surface area (Å²) in [6.07, 6.45) is 3.58. The average molecular weight is 299 g/mol. The fourth-order valence-electron chi connectivity index (χ4n) is 1.18. The van der Waals surface area contributed by atoms with Crippen molar-refractivity contribution in [1.82, 2.24) is 9.97 Å². The Morgan fingerprint density at radius 1 is 1.43 bits per heavy atom. The predicted octanol–water partition coefficient (Wildman–Crippen LogP) is 2.63. The number of nitrogens with zero attached hydrogens (tertiary/aromatic N) is 1. The third kappa shape index (κ3) is 2.47. The Bertz CT molecular complexity index is 398. The summed E-state index contributed by atoms with van der Waals surface area (Å²) in [5, 5.41) is 3.29. The molecule has 0 radical (unpaired) electrons. The number of imidazole rings is 1. The van der Waals surface area contributed by atoms with Crippen LogP contribution in [0.25, 0.3) is 0 Å². The zero-order valence-corrected chi connectivity index (χ0v) is 9.65. The first-order chi connectivity index (χ1) is 6.84. The van der Waals surface area contributed by atoms with Crippen molar-refractivity contribution in [1.29, 1.82) is 0 Å². The molecule has 72 valence electrons. The Hall–Kier alpha value is -1.04. The standard InChI is InChI=1S/C10H10IN3/c11-8-2-1-3-9(6-8)14-7-10-12-4-5-13-10/h1-6,14H,7H2,(H,12,13). The van der Waals surface area contributed by atoms with Crippen molar-refractivity contribution in [2.45, 2.75) is 6.54 Å². The molecule has 0 amide bonds. The normalized spacial score (nSPS) is 10.1. The number of aromatic amines is 1. The molecule has 1 heterocycles. The van der Waals surface area contributed by atoms with E-state index in [1.54, 1.807) is 6.20 Å². The van der Waals surface area contributed by atoms with Gasteiger partial charge in [-0.15, -0.1) is 0 Å². The Morgan fingerprint density at radius 2 is 2.36 bits per heavy atom. The highest BCUT2D eigenvalue weighted by Crippen LogP contribution is 2.12. The van der Waals surface area contributed by atoms with Crippen LogP contribution in [0.15, 0.2) is 36.7 Å². The van der Waals surface area contributed by atoms with Crippen LogP contribution in [0, 0.1) is 3.57 Å². The van der Waals surface area contributed by atoms with Gasteiger partial charge in [-0.25, -0.2) is 4.98 Å². The second-order valence-electron chi connectivity index (χ2n) is 2.90. The lowest BCUT2D eigenvalue weighted by atomic mass is 10.3. The first-order valence-electron chi connectivity index (χ1n) is 4.32. The maximum absolute atomic E-state index is 4.13. The van der Waals surface area contributed by atoms with E-state index in [0.29, 0.717) is 0 Å². The minimum atomic E-state index is 0.729. The second kappa shape index (κ2) is 4.45. The number of aromatic nitrogens is 2. The van der Waals surface area contributed by atoms with Crippen molar-refractivity contribution in [2.75, 3.05) is 5.32 Å². The topological polar surface area (TPSA) is 40.7 Å². The van der Waals surface area contributed by atoms with Crippen LogP contribution in [-0.2, 0) is 6.54 Å². The zero-order valence-electron chi connectivity index (χ0n) is 7.50. The summed E-state index contributed by atoms with van der Waals surface area (Å²) >= 11 is 2.30. The Kier molecular flexibility index (Phi) is 3.03. The van der Waals surface area contributed by atoms with Crippen LogP contribution >= 0.6 is 22.6 Å². The lowest BCUT2D eigenvalue weighted by molar-refractivity contribution is 1.000. The van der Waals surface area contributed by atoms with Gasteiger partial charge in [0.25, 0.3) is 0 Å². The van der Waals surface area contributed by atoms with E-state index in [9.17, 15) is 0 Å². The Morgan fingerprint density at radius 3 is 3.07 bits per heavy atom. The van der Waals surface area contributed by atoms with Gasteiger partial charge in [-0.05, 0) is 40.8 Å². The lowest BCUT2D eigenvalue weighted by Gasteiger charge is -2.04. The van der Waals surface area contributed by atoms with Gasteiger partial charge in [0, 0.05) is 21.7 Å².